The number of benzene rings is 2. The molecule has 0 aromatic heterocycles. The van der Waals surface area contributed by atoms with Crippen LogP contribution in [0, 0.1) is 5.82 Å². The van der Waals surface area contributed by atoms with Crippen LogP contribution in [0.1, 0.15) is 16.5 Å². The smallest absolute Gasteiger partial charge is 0.163 e. The lowest BCUT2D eigenvalue weighted by Crippen LogP contribution is -2.01. The summed E-state index contributed by atoms with van der Waals surface area (Å²) in [4.78, 5) is 0. The first kappa shape index (κ1) is 14.7. The molecular weight excluding hydrogens is 279 g/mol. The van der Waals surface area contributed by atoms with Gasteiger partial charge in [-0.1, -0.05) is 30.3 Å². The maximum absolute atomic E-state index is 14.1. The average molecular weight is 295 g/mol. The molecule has 0 aliphatic heterocycles. The van der Waals surface area contributed by atoms with Crippen LogP contribution in [0.15, 0.2) is 42.5 Å². The molecule has 2 rings (SSSR count). The molecule has 1 unspecified atom stereocenters. The largest absolute Gasteiger partial charge is 0.493 e. The molecule has 0 radical (unpaired) electrons. The van der Waals surface area contributed by atoms with Crippen molar-refractivity contribution in [1.82, 2.24) is 0 Å². The summed E-state index contributed by atoms with van der Waals surface area (Å²) < 4.78 is 24.3. The molecule has 2 nitrogen and oxygen atoms in total. The van der Waals surface area contributed by atoms with E-state index in [2.05, 4.69) is 0 Å². The highest BCUT2D eigenvalue weighted by Gasteiger charge is 2.18. The maximum atomic E-state index is 14.1. The molecule has 20 heavy (non-hydrogen) atoms. The van der Waals surface area contributed by atoms with Gasteiger partial charge in [-0.05, 0) is 18.1 Å². The van der Waals surface area contributed by atoms with Gasteiger partial charge in [0.25, 0.3) is 0 Å². The van der Waals surface area contributed by atoms with E-state index in [1.165, 1.54) is 20.3 Å². The minimum atomic E-state index is -0.461. The minimum absolute atomic E-state index is 0.359. The summed E-state index contributed by atoms with van der Waals surface area (Å²) in [5.41, 5.74) is 1.47. The lowest BCUT2D eigenvalue weighted by molar-refractivity contribution is 0.351. The van der Waals surface area contributed by atoms with Crippen molar-refractivity contribution in [2.45, 2.75) is 11.8 Å². The Kier molecular flexibility index (Phi) is 4.85. The Bertz CT molecular complexity index is 572. The summed E-state index contributed by atoms with van der Waals surface area (Å²) >= 11 is 6.33. The first-order valence-electron chi connectivity index (χ1n) is 6.25. The fourth-order valence-electron chi connectivity index (χ4n) is 2.04. The minimum Gasteiger partial charge on any atom is -0.493 e. The third-order valence-corrected chi connectivity index (χ3v) is 3.49. The van der Waals surface area contributed by atoms with Crippen LogP contribution >= 0.6 is 11.6 Å². The van der Waals surface area contributed by atoms with Crippen molar-refractivity contribution in [3.63, 3.8) is 0 Å². The summed E-state index contributed by atoms with van der Waals surface area (Å²) in [6, 6.07) is 12.6. The first-order chi connectivity index (χ1) is 9.65. The van der Waals surface area contributed by atoms with Gasteiger partial charge in [0.05, 0.1) is 19.6 Å². The van der Waals surface area contributed by atoms with Crippen LogP contribution in [-0.2, 0) is 6.42 Å². The monoisotopic (exact) mass is 294 g/mol. The van der Waals surface area contributed by atoms with E-state index in [9.17, 15) is 4.39 Å². The zero-order valence-corrected chi connectivity index (χ0v) is 12.2. The second-order valence-electron chi connectivity index (χ2n) is 4.39. The van der Waals surface area contributed by atoms with Crippen LogP contribution in [0.5, 0.6) is 11.5 Å². The molecule has 0 N–H and O–H groups in total. The third kappa shape index (κ3) is 3.23. The van der Waals surface area contributed by atoms with E-state index in [4.69, 9.17) is 21.1 Å². The predicted octanol–water partition coefficient (Wildman–Crippen LogP) is 4.37. The van der Waals surface area contributed by atoms with Gasteiger partial charge in [0.2, 0.25) is 0 Å². The van der Waals surface area contributed by atoms with Gasteiger partial charge in [0.1, 0.15) is 5.82 Å². The Hall–Kier alpha value is -1.74. The van der Waals surface area contributed by atoms with E-state index in [-0.39, 0.29) is 0 Å². The number of hydrogen-bond donors (Lipinski definition) is 0. The van der Waals surface area contributed by atoms with Gasteiger partial charge in [-0.2, -0.15) is 0 Å². The number of hydrogen-bond acceptors (Lipinski definition) is 2. The van der Waals surface area contributed by atoms with E-state index in [0.29, 0.717) is 23.5 Å². The number of rotatable bonds is 5. The highest BCUT2D eigenvalue weighted by atomic mass is 35.5. The Morgan fingerprint density at radius 2 is 1.65 bits per heavy atom. The van der Waals surface area contributed by atoms with Crippen LogP contribution in [-0.4, -0.2) is 14.2 Å². The van der Waals surface area contributed by atoms with Gasteiger partial charge >= 0.3 is 0 Å². The molecular formula is C16H16ClFO2. The molecule has 4 heteroatoms. The summed E-state index contributed by atoms with van der Waals surface area (Å²) in [6.07, 6.45) is 0.550. The van der Waals surface area contributed by atoms with Crippen molar-refractivity contribution in [3.8, 4) is 11.5 Å². The predicted molar refractivity (Wildman–Crippen MR) is 78.2 cm³/mol. The molecule has 0 spiro atoms. The standard InChI is InChI=1S/C16H16ClFO2/c1-19-15-9-12(14(18)10-16(15)20-2)13(17)8-11-6-4-3-5-7-11/h3-7,9-10,13H,8H2,1-2H3. The second-order valence-corrected chi connectivity index (χ2v) is 4.91. The van der Waals surface area contributed by atoms with Gasteiger partial charge in [-0.15, -0.1) is 11.6 Å². The molecule has 2 aromatic carbocycles. The number of alkyl halides is 1. The maximum Gasteiger partial charge on any atom is 0.163 e. The molecule has 0 aliphatic carbocycles. The Morgan fingerprint density at radius 3 is 2.25 bits per heavy atom. The van der Waals surface area contributed by atoms with E-state index in [1.807, 2.05) is 30.3 Å². The van der Waals surface area contributed by atoms with E-state index in [1.54, 1.807) is 6.07 Å². The molecule has 0 amide bonds. The molecule has 0 heterocycles. The van der Waals surface area contributed by atoms with Crippen molar-refractivity contribution in [2.75, 3.05) is 14.2 Å². The highest BCUT2D eigenvalue weighted by molar-refractivity contribution is 6.21. The Morgan fingerprint density at radius 1 is 1.05 bits per heavy atom. The fourth-order valence-corrected chi connectivity index (χ4v) is 2.39. The lowest BCUT2D eigenvalue weighted by Gasteiger charge is -2.15. The molecule has 0 bridgehead atoms. The summed E-state index contributed by atoms with van der Waals surface area (Å²) in [5, 5.41) is -0.461. The molecule has 0 fully saturated rings. The van der Waals surface area contributed by atoms with Gasteiger partial charge in [0.15, 0.2) is 11.5 Å². The molecule has 0 saturated heterocycles. The summed E-state index contributed by atoms with van der Waals surface area (Å²) in [7, 11) is 2.99. The summed E-state index contributed by atoms with van der Waals surface area (Å²) in [6.45, 7) is 0. The van der Waals surface area contributed by atoms with Crippen LogP contribution in [0.4, 0.5) is 4.39 Å². The molecule has 0 aliphatic rings. The molecule has 1 atom stereocenters. The molecule has 0 saturated carbocycles. The second kappa shape index (κ2) is 6.62. The van der Waals surface area contributed by atoms with Crippen molar-refractivity contribution in [2.24, 2.45) is 0 Å². The number of ether oxygens (including phenoxy) is 2. The lowest BCUT2D eigenvalue weighted by atomic mass is 10.0. The van der Waals surface area contributed by atoms with Gasteiger partial charge in [0, 0.05) is 11.6 Å². The van der Waals surface area contributed by atoms with E-state index in [0.717, 1.165) is 5.56 Å². The highest BCUT2D eigenvalue weighted by Crippen LogP contribution is 2.35. The SMILES string of the molecule is COc1cc(F)c(C(Cl)Cc2ccccc2)cc1OC. The third-order valence-electron chi connectivity index (χ3n) is 3.10. The molecule has 106 valence electrons. The topological polar surface area (TPSA) is 18.5 Å². The van der Waals surface area contributed by atoms with Crippen LogP contribution in [0.3, 0.4) is 0 Å². The normalized spacial score (nSPS) is 12.0. The Balaban J connectivity index is 2.27. The zero-order valence-electron chi connectivity index (χ0n) is 11.4. The van der Waals surface area contributed by atoms with Crippen LogP contribution < -0.4 is 9.47 Å². The number of halogens is 2. The van der Waals surface area contributed by atoms with Crippen LogP contribution in [0.2, 0.25) is 0 Å². The van der Waals surface area contributed by atoms with Gasteiger partial charge < -0.3 is 9.47 Å². The summed E-state index contributed by atoms with van der Waals surface area (Å²) in [5.74, 6) is 0.443. The van der Waals surface area contributed by atoms with Gasteiger partial charge in [-0.25, -0.2) is 4.39 Å². The van der Waals surface area contributed by atoms with Crippen molar-refractivity contribution in [1.29, 1.82) is 0 Å². The Labute approximate surface area is 123 Å². The fraction of sp³-hybridized carbons (Fsp3) is 0.250. The van der Waals surface area contributed by atoms with E-state index < -0.39 is 11.2 Å². The average Bonchev–Trinajstić information content (AvgIpc) is 2.47. The zero-order chi connectivity index (χ0) is 14.5. The number of methoxy groups -OCH3 is 2. The van der Waals surface area contributed by atoms with Crippen molar-refractivity contribution < 1.29 is 13.9 Å². The van der Waals surface area contributed by atoms with E-state index >= 15 is 0 Å². The van der Waals surface area contributed by atoms with Crippen molar-refractivity contribution >= 4 is 11.6 Å². The molecule has 2 aromatic rings. The van der Waals surface area contributed by atoms with Crippen molar-refractivity contribution in [3.05, 3.63) is 59.4 Å². The quantitative estimate of drug-likeness (QED) is 0.763. The van der Waals surface area contributed by atoms with Crippen LogP contribution in [0.25, 0.3) is 0 Å². The van der Waals surface area contributed by atoms with Gasteiger partial charge in [-0.3, -0.25) is 0 Å². The first-order valence-corrected chi connectivity index (χ1v) is 6.68.